The van der Waals surface area contributed by atoms with Crippen molar-refractivity contribution in [2.45, 2.75) is 13.5 Å². The first-order valence-corrected chi connectivity index (χ1v) is 5.08. The Balaban J connectivity index is 2.80. The van der Waals surface area contributed by atoms with Crippen LogP contribution < -0.4 is 0 Å². The highest BCUT2D eigenvalue weighted by atomic mass is 16.4. The van der Waals surface area contributed by atoms with E-state index in [1.54, 1.807) is 11.5 Å². The second-order valence-corrected chi connectivity index (χ2v) is 3.67. The van der Waals surface area contributed by atoms with Crippen molar-refractivity contribution in [2.75, 3.05) is 6.61 Å². The van der Waals surface area contributed by atoms with E-state index in [-0.39, 0.29) is 12.3 Å². The molecule has 0 amide bonds. The number of aryl methyl sites for hydroxylation is 1. The van der Waals surface area contributed by atoms with Crippen molar-refractivity contribution in [2.24, 2.45) is 0 Å². The maximum Gasteiger partial charge on any atom is 0.352 e. The molecule has 1 aromatic carbocycles. The molecule has 0 fully saturated rings. The number of aliphatic hydroxyl groups excluding tert-OH is 1. The van der Waals surface area contributed by atoms with Gasteiger partial charge in [0.2, 0.25) is 0 Å². The molecule has 16 heavy (non-hydrogen) atoms. The summed E-state index contributed by atoms with van der Waals surface area (Å²) in [4.78, 5) is 11.2. The summed E-state index contributed by atoms with van der Waals surface area (Å²) in [7, 11) is 0. The number of carbonyl (C=O) groups is 1. The van der Waals surface area contributed by atoms with Crippen LogP contribution in [0.25, 0.3) is 10.9 Å². The molecule has 0 spiro atoms. The summed E-state index contributed by atoms with van der Waals surface area (Å²) in [5.74, 6) is -0.956. The second kappa shape index (κ2) is 3.98. The number of hydrogen-bond donors (Lipinski definition) is 2. The topological polar surface area (TPSA) is 62.5 Å². The first-order chi connectivity index (χ1) is 7.66. The summed E-state index contributed by atoms with van der Waals surface area (Å²) in [6.45, 7) is 2.02. The van der Waals surface area contributed by atoms with Crippen molar-refractivity contribution in [3.05, 3.63) is 35.5 Å². The number of carboxylic acid groups (broad SMARTS) is 1. The van der Waals surface area contributed by atoms with E-state index in [9.17, 15) is 9.90 Å². The van der Waals surface area contributed by atoms with Crippen LogP contribution in [-0.2, 0) is 6.54 Å². The van der Waals surface area contributed by atoms with Crippen molar-refractivity contribution in [1.29, 1.82) is 0 Å². The molecule has 0 saturated heterocycles. The Morgan fingerprint density at radius 1 is 1.38 bits per heavy atom. The number of benzene rings is 1. The number of carboxylic acids is 1. The van der Waals surface area contributed by atoms with E-state index < -0.39 is 5.97 Å². The average Bonchev–Trinajstić information content (AvgIpc) is 2.54. The van der Waals surface area contributed by atoms with Gasteiger partial charge in [-0.2, -0.15) is 0 Å². The van der Waals surface area contributed by atoms with Crippen LogP contribution in [0.4, 0.5) is 0 Å². The SMILES string of the molecule is Cc1c(C(=O)O)n(CCO)c2ccccc12. The third kappa shape index (κ3) is 1.47. The molecule has 0 bridgehead atoms. The van der Waals surface area contributed by atoms with E-state index >= 15 is 0 Å². The fourth-order valence-corrected chi connectivity index (χ4v) is 2.08. The molecule has 84 valence electrons. The minimum atomic E-state index is -0.956. The van der Waals surface area contributed by atoms with Gasteiger partial charge in [-0.3, -0.25) is 0 Å². The monoisotopic (exact) mass is 219 g/mol. The molecule has 0 aliphatic heterocycles. The summed E-state index contributed by atoms with van der Waals surface area (Å²) in [6, 6.07) is 7.50. The zero-order chi connectivity index (χ0) is 11.7. The number of aromatic nitrogens is 1. The van der Waals surface area contributed by atoms with Gasteiger partial charge in [-0.1, -0.05) is 18.2 Å². The molecule has 2 N–H and O–H groups in total. The molecule has 0 aliphatic rings. The maximum absolute atomic E-state index is 11.2. The lowest BCUT2D eigenvalue weighted by molar-refractivity contribution is 0.0683. The van der Waals surface area contributed by atoms with Gasteiger partial charge in [0.05, 0.1) is 6.61 Å². The molecule has 1 heterocycles. The zero-order valence-electron chi connectivity index (χ0n) is 8.97. The Bertz CT molecular complexity index is 542. The summed E-state index contributed by atoms with van der Waals surface area (Å²) in [6.07, 6.45) is 0. The minimum absolute atomic E-state index is 0.0710. The van der Waals surface area contributed by atoms with Crippen LogP contribution in [0.1, 0.15) is 16.1 Å². The highest BCUT2D eigenvalue weighted by Gasteiger charge is 2.18. The van der Waals surface area contributed by atoms with Gasteiger partial charge >= 0.3 is 5.97 Å². The molecule has 0 aliphatic carbocycles. The third-order valence-corrected chi connectivity index (χ3v) is 2.75. The lowest BCUT2D eigenvalue weighted by Crippen LogP contribution is -2.11. The molecule has 2 aromatic rings. The summed E-state index contributed by atoms with van der Waals surface area (Å²) < 4.78 is 1.65. The van der Waals surface area contributed by atoms with Crippen molar-refractivity contribution in [3.8, 4) is 0 Å². The van der Waals surface area contributed by atoms with Gasteiger partial charge in [-0.15, -0.1) is 0 Å². The highest BCUT2D eigenvalue weighted by Crippen LogP contribution is 2.25. The van der Waals surface area contributed by atoms with Crippen molar-refractivity contribution in [3.63, 3.8) is 0 Å². The summed E-state index contributed by atoms with van der Waals surface area (Å²) >= 11 is 0. The summed E-state index contributed by atoms with van der Waals surface area (Å²) in [5.41, 5.74) is 1.86. The van der Waals surface area contributed by atoms with E-state index in [4.69, 9.17) is 5.11 Å². The van der Waals surface area contributed by atoms with Crippen LogP contribution >= 0.6 is 0 Å². The van der Waals surface area contributed by atoms with Crippen LogP contribution in [0.5, 0.6) is 0 Å². The number of rotatable bonds is 3. The molecule has 4 heteroatoms. The Hall–Kier alpha value is -1.81. The van der Waals surface area contributed by atoms with Crippen LogP contribution in [-0.4, -0.2) is 27.4 Å². The van der Waals surface area contributed by atoms with Crippen LogP contribution in [0.2, 0.25) is 0 Å². The standard InChI is InChI=1S/C12H13NO3/c1-8-9-4-2-3-5-10(9)13(6-7-14)11(8)12(15)16/h2-5,14H,6-7H2,1H3,(H,15,16). The number of para-hydroxylation sites is 1. The number of hydrogen-bond acceptors (Lipinski definition) is 2. The molecule has 1 aromatic heterocycles. The minimum Gasteiger partial charge on any atom is -0.477 e. The third-order valence-electron chi connectivity index (χ3n) is 2.75. The van der Waals surface area contributed by atoms with E-state index in [0.29, 0.717) is 6.54 Å². The van der Waals surface area contributed by atoms with Gasteiger partial charge < -0.3 is 14.8 Å². The van der Waals surface area contributed by atoms with Gasteiger partial charge in [0, 0.05) is 17.4 Å². The number of nitrogens with zero attached hydrogens (tertiary/aromatic N) is 1. The van der Waals surface area contributed by atoms with Crippen LogP contribution in [0.3, 0.4) is 0 Å². The normalized spacial score (nSPS) is 10.9. The fourth-order valence-electron chi connectivity index (χ4n) is 2.08. The molecule has 0 unspecified atom stereocenters. The molecular formula is C12H13NO3. The average molecular weight is 219 g/mol. The molecule has 0 atom stereocenters. The molecule has 0 saturated carbocycles. The first kappa shape index (κ1) is 10.7. The van der Waals surface area contributed by atoms with Crippen molar-refractivity contribution in [1.82, 2.24) is 4.57 Å². The van der Waals surface area contributed by atoms with Crippen LogP contribution in [0.15, 0.2) is 24.3 Å². The van der Waals surface area contributed by atoms with E-state index in [1.807, 2.05) is 24.3 Å². The van der Waals surface area contributed by atoms with Gasteiger partial charge in [0.1, 0.15) is 5.69 Å². The summed E-state index contributed by atoms with van der Waals surface area (Å²) in [5, 5.41) is 19.1. The van der Waals surface area contributed by atoms with E-state index in [2.05, 4.69) is 0 Å². The first-order valence-electron chi connectivity index (χ1n) is 5.08. The Morgan fingerprint density at radius 3 is 2.69 bits per heavy atom. The maximum atomic E-state index is 11.2. The number of aliphatic hydroxyl groups is 1. The van der Waals surface area contributed by atoms with Gasteiger partial charge in [0.15, 0.2) is 0 Å². The Morgan fingerprint density at radius 2 is 2.06 bits per heavy atom. The van der Waals surface area contributed by atoms with Crippen molar-refractivity contribution < 1.29 is 15.0 Å². The van der Waals surface area contributed by atoms with Crippen LogP contribution in [0, 0.1) is 6.92 Å². The lowest BCUT2D eigenvalue weighted by atomic mass is 10.1. The Kier molecular flexibility index (Phi) is 2.66. The van der Waals surface area contributed by atoms with E-state index in [1.165, 1.54) is 0 Å². The van der Waals surface area contributed by atoms with E-state index in [0.717, 1.165) is 16.5 Å². The molecule has 4 nitrogen and oxygen atoms in total. The largest absolute Gasteiger partial charge is 0.477 e. The molecular weight excluding hydrogens is 206 g/mol. The van der Waals surface area contributed by atoms with Crippen molar-refractivity contribution >= 4 is 16.9 Å². The fraction of sp³-hybridized carbons (Fsp3) is 0.250. The highest BCUT2D eigenvalue weighted by molar-refractivity contribution is 5.98. The number of fused-ring (bicyclic) bond motifs is 1. The lowest BCUT2D eigenvalue weighted by Gasteiger charge is -2.05. The smallest absolute Gasteiger partial charge is 0.352 e. The second-order valence-electron chi connectivity index (χ2n) is 3.67. The van der Waals surface area contributed by atoms with Gasteiger partial charge in [0.25, 0.3) is 0 Å². The van der Waals surface area contributed by atoms with Gasteiger partial charge in [-0.05, 0) is 18.6 Å². The zero-order valence-corrected chi connectivity index (χ0v) is 8.97. The predicted molar refractivity (Wildman–Crippen MR) is 60.7 cm³/mol. The predicted octanol–water partition coefficient (Wildman–Crippen LogP) is 1.64. The molecule has 0 radical (unpaired) electrons. The van der Waals surface area contributed by atoms with Gasteiger partial charge in [-0.25, -0.2) is 4.79 Å². The number of aromatic carboxylic acids is 1. The molecule has 2 rings (SSSR count). The quantitative estimate of drug-likeness (QED) is 0.824. The Labute approximate surface area is 92.7 Å².